The van der Waals surface area contributed by atoms with Crippen LogP contribution in [-0.2, 0) is 0 Å². The van der Waals surface area contributed by atoms with Crippen LogP contribution < -0.4 is 5.73 Å². The Labute approximate surface area is 125 Å². The van der Waals surface area contributed by atoms with Gasteiger partial charge in [0, 0.05) is 5.69 Å². The molecular formula is C13H19NO8. The van der Waals surface area contributed by atoms with Crippen molar-refractivity contribution < 1.29 is 40.5 Å². The normalized spacial score (nSPS) is 34.5. The Morgan fingerprint density at radius 1 is 0.727 bits per heavy atom. The Morgan fingerprint density at radius 3 is 1.23 bits per heavy atom. The molecule has 0 bridgehead atoms. The van der Waals surface area contributed by atoms with Crippen molar-refractivity contribution >= 4 is 11.7 Å². The van der Waals surface area contributed by atoms with E-state index in [1.165, 1.54) is 12.1 Å². The maximum Gasteiger partial charge on any atom is 0.335 e. The number of carboxylic acids is 1. The van der Waals surface area contributed by atoms with Crippen molar-refractivity contribution in [1.82, 2.24) is 0 Å². The molecule has 0 atom stereocenters. The minimum Gasteiger partial charge on any atom is -0.478 e. The van der Waals surface area contributed by atoms with Gasteiger partial charge in [-0.2, -0.15) is 0 Å². The maximum atomic E-state index is 10.3. The number of aliphatic hydroxyl groups excluding tert-OH is 6. The van der Waals surface area contributed by atoms with Gasteiger partial charge in [0.05, 0.1) is 5.56 Å². The second kappa shape index (κ2) is 7.49. The van der Waals surface area contributed by atoms with E-state index in [-0.39, 0.29) is 5.56 Å². The Morgan fingerprint density at radius 2 is 1.00 bits per heavy atom. The zero-order valence-electron chi connectivity index (χ0n) is 11.4. The van der Waals surface area contributed by atoms with Gasteiger partial charge in [-0.1, -0.05) is 0 Å². The van der Waals surface area contributed by atoms with Crippen molar-refractivity contribution in [2.75, 3.05) is 5.73 Å². The Hall–Kier alpha value is -1.75. The fraction of sp³-hybridized carbons (Fsp3) is 0.462. The second-order valence-corrected chi connectivity index (χ2v) is 4.87. The quantitative estimate of drug-likeness (QED) is 0.252. The van der Waals surface area contributed by atoms with Gasteiger partial charge in [0.1, 0.15) is 36.6 Å². The van der Waals surface area contributed by atoms with Crippen LogP contribution in [0.4, 0.5) is 5.69 Å². The molecule has 0 radical (unpaired) electrons. The van der Waals surface area contributed by atoms with E-state index in [4.69, 9.17) is 41.5 Å². The predicted molar refractivity (Wildman–Crippen MR) is 73.9 cm³/mol. The molecule has 1 aliphatic rings. The first-order chi connectivity index (χ1) is 10.2. The average Bonchev–Trinajstić information content (AvgIpc) is 2.50. The first-order valence-corrected chi connectivity index (χ1v) is 6.34. The fourth-order valence-corrected chi connectivity index (χ4v) is 1.84. The highest BCUT2D eigenvalue weighted by Gasteiger charge is 2.47. The van der Waals surface area contributed by atoms with Crippen LogP contribution in [0.1, 0.15) is 10.4 Å². The van der Waals surface area contributed by atoms with Crippen LogP contribution in [0.2, 0.25) is 0 Å². The van der Waals surface area contributed by atoms with E-state index < -0.39 is 42.6 Å². The molecule has 1 aliphatic carbocycles. The third-order valence-electron chi connectivity index (χ3n) is 3.26. The van der Waals surface area contributed by atoms with Crippen molar-refractivity contribution in [3.8, 4) is 0 Å². The third-order valence-corrected chi connectivity index (χ3v) is 3.26. The lowest BCUT2D eigenvalue weighted by atomic mass is 9.85. The summed E-state index contributed by atoms with van der Waals surface area (Å²) in [6, 6.07) is 6.06. The van der Waals surface area contributed by atoms with Crippen LogP contribution >= 0.6 is 0 Å². The second-order valence-electron chi connectivity index (χ2n) is 4.87. The summed E-state index contributed by atoms with van der Waals surface area (Å²) < 4.78 is 0. The first kappa shape index (κ1) is 18.3. The number of anilines is 1. The number of carboxylic acid groups (broad SMARTS) is 1. The molecule has 22 heavy (non-hydrogen) atoms. The molecule has 0 amide bonds. The molecule has 1 fully saturated rings. The monoisotopic (exact) mass is 317 g/mol. The van der Waals surface area contributed by atoms with E-state index in [2.05, 4.69) is 0 Å². The van der Waals surface area contributed by atoms with Gasteiger partial charge in [-0.15, -0.1) is 0 Å². The first-order valence-electron chi connectivity index (χ1n) is 6.34. The number of benzene rings is 1. The van der Waals surface area contributed by atoms with Crippen LogP contribution in [0.3, 0.4) is 0 Å². The van der Waals surface area contributed by atoms with Gasteiger partial charge in [0.2, 0.25) is 0 Å². The van der Waals surface area contributed by atoms with E-state index in [0.717, 1.165) is 0 Å². The maximum absolute atomic E-state index is 10.3. The van der Waals surface area contributed by atoms with Gasteiger partial charge in [-0.3, -0.25) is 0 Å². The number of hydrogen-bond acceptors (Lipinski definition) is 8. The number of nitrogen functional groups attached to an aromatic ring is 1. The number of rotatable bonds is 1. The van der Waals surface area contributed by atoms with Crippen LogP contribution in [0.5, 0.6) is 0 Å². The van der Waals surface area contributed by atoms with Crippen molar-refractivity contribution in [2.45, 2.75) is 36.6 Å². The SMILES string of the molecule is Nc1ccc(C(=O)O)cc1.O[C@H]1[C@H](O)[C@@H](O)[C@H](O)[C@@H](O)[C@H]1O. The summed E-state index contributed by atoms with van der Waals surface area (Å²) in [5.41, 5.74) is 6.17. The molecule has 1 saturated carbocycles. The number of aromatic carboxylic acids is 1. The largest absolute Gasteiger partial charge is 0.478 e. The molecule has 1 aromatic carbocycles. The molecule has 1 aromatic rings. The fourth-order valence-electron chi connectivity index (χ4n) is 1.84. The zero-order valence-corrected chi connectivity index (χ0v) is 11.4. The van der Waals surface area contributed by atoms with Gasteiger partial charge in [-0.05, 0) is 24.3 Å². The number of aliphatic hydroxyl groups is 6. The molecule has 0 heterocycles. The predicted octanol–water partition coefficient (Wildman–Crippen LogP) is -2.87. The summed E-state index contributed by atoms with van der Waals surface area (Å²) in [6.45, 7) is 0. The van der Waals surface area contributed by atoms with Gasteiger partial charge in [0.25, 0.3) is 0 Å². The third kappa shape index (κ3) is 4.13. The molecule has 9 N–H and O–H groups in total. The molecule has 0 saturated heterocycles. The van der Waals surface area contributed by atoms with Crippen molar-refractivity contribution in [3.05, 3.63) is 29.8 Å². The summed E-state index contributed by atoms with van der Waals surface area (Å²) in [7, 11) is 0. The molecule has 2 rings (SSSR count). The van der Waals surface area contributed by atoms with Crippen molar-refractivity contribution in [2.24, 2.45) is 0 Å². The molecule has 9 heteroatoms. The lowest BCUT2D eigenvalue weighted by molar-refractivity contribution is -0.223. The Balaban J connectivity index is 0.000000224. The van der Waals surface area contributed by atoms with E-state index >= 15 is 0 Å². The van der Waals surface area contributed by atoms with Gasteiger partial charge < -0.3 is 41.5 Å². The molecule has 0 aromatic heterocycles. The topological polar surface area (TPSA) is 185 Å². The summed E-state index contributed by atoms with van der Waals surface area (Å²) >= 11 is 0. The molecule has 0 aliphatic heterocycles. The number of nitrogens with two attached hydrogens (primary N) is 1. The van der Waals surface area contributed by atoms with E-state index in [0.29, 0.717) is 5.69 Å². The van der Waals surface area contributed by atoms with Gasteiger partial charge >= 0.3 is 5.97 Å². The molecule has 9 nitrogen and oxygen atoms in total. The zero-order chi connectivity index (χ0) is 17.0. The molecule has 124 valence electrons. The van der Waals surface area contributed by atoms with E-state index in [9.17, 15) is 4.79 Å². The lowest BCUT2D eigenvalue weighted by Gasteiger charge is -2.39. The van der Waals surface area contributed by atoms with Crippen molar-refractivity contribution in [1.29, 1.82) is 0 Å². The smallest absolute Gasteiger partial charge is 0.335 e. The highest BCUT2D eigenvalue weighted by molar-refractivity contribution is 5.87. The minimum atomic E-state index is -1.64. The Kier molecular flexibility index (Phi) is 6.23. The average molecular weight is 317 g/mol. The number of hydrogen-bond donors (Lipinski definition) is 8. The standard InChI is InChI=1S/C7H7NO2.C6H12O6/c8-6-3-1-5(2-4-6)7(9)10;7-1-2(8)4(10)6(12)5(11)3(1)9/h1-4H,8H2,(H,9,10);1-12H/t;1-,2-,3-,4+,5-,6-. The molecule has 0 spiro atoms. The van der Waals surface area contributed by atoms with E-state index in [1.54, 1.807) is 12.1 Å². The van der Waals surface area contributed by atoms with Crippen LogP contribution in [0.15, 0.2) is 24.3 Å². The van der Waals surface area contributed by atoms with Crippen LogP contribution in [0, 0.1) is 0 Å². The lowest BCUT2D eigenvalue weighted by Crippen LogP contribution is -2.63. The van der Waals surface area contributed by atoms with Crippen molar-refractivity contribution in [3.63, 3.8) is 0 Å². The van der Waals surface area contributed by atoms with Crippen LogP contribution in [-0.4, -0.2) is 78.3 Å². The van der Waals surface area contributed by atoms with Gasteiger partial charge in [-0.25, -0.2) is 4.79 Å². The van der Waals surface area contributed by atoms with E-state index in [1.807, 2.05) is 0 Å². The highest BCUT2D eigenvalue weighted by atomic mass is 16.4. The number of carbonyl (C=O) groups is 1. The highest BCUT2D eigenvalue weighted by Crippen LogP contribution is 2.20. The summed E-state index contributed by atoms with van der Waals surface area (Å²) in [5, 5.41) is 62.3. The van der Waals surface area contributed by atoms with Crippen LogP contribution in [0.25, 0.3) is 0 Å². The molecular weight excluding hydrogens is 298 g/mol. The Bertz CT molecular complexity index is 435. The summed E-state index contributed by atoms with van der Waals surface area (Å²) in [6.07, 6.45) is -9.84. The summed E-state index contributed by atoms with van der Waals surface area (Å²) in [5.74, 6) is -0.931. The minimum absolute atomic E-state index is 0.259. The van der Waals surface area contributed by atoms with Gasteiger partial charge in [0.15, 0.2) is 0 Å². The summed E-state index contributed by atoms with van der Waals surface area (Å²) in [4.78, 5) is 10.3. The molecule has 0 unspecified atom stereocenters.